The molecule has 29 nitrogen and oxygen atoms in total. The van der Waals surface area contributed by atoms with Gasteiger partial charge in [-0.2, -0.15) is 15.3 Å². The third-order valence-electron chi connectivity index (χ3n) is 29.1. The number of likely N-dealkylation sites (tertiary alicyclic amines) is 4. The Kier molecular flexibility index (Phi) is 28.3. The summed E-state index contributed by atoms with van der Waals surface area (Å²) in [6, 6.07) is 69.2. The van der Waals surface area contributed by atoms with E-state index in [4.69, 9.17) is 14.2 Å². The molecule has 1 saturated carbocycles. The third kappa shape index (κ3) is 21.5. The summed E-state index contributed by atoms with van der Waals surface area (Å²) in [4.78, 5) is 114. The van der Waals surface area contributed by atoms with Crippen LogP contribution < -0.4 is 16.0 Å². The van der Waals surface area contributed by atoms with Crippen molar-refractivity contribution < 1.29 is 56.1 Å². The summed E-state index contributed by atoms with van der Waals surface area (Å²) < 4.78 is 60.5. The maximum Gasteiger partial charge on any atom is 0.258 e. The molecule has 9 aromatic carbocycles. The predicted octanol–water partition coefficient (Wildman–Crippen LogP) is 17.3. The molecule has 0 unspecified atom stereocenters. The van der Waals surface area contributed by atoms with Crippen LogP contribution in [-0.4, -0.2) is 257 Å². The number of aryl methyl sites for hydroxylation is 1. The van der Waals surface area contributed by atoms with E-state index < -0.39 is 22.5 Å². The van der Waals surface area contributed by atoms with E-state index in [-0.39, 0.29) is 86.1 Å². The van der Waals surface area contributed by atoms with Gasteiger partial charge in [0.05, 0.1) is 47.6 Å². The van der Waals surface area contributed by atoms with Gasteiger partial charge in [-0.05, 0) is 218 Å². The first-order chi connectivity index (χ1) is 70.5. The lowest BCUT2D eigenvalue weighted by atomic mass is 9.85. The number of hydrogen-bond donors (Lipinski definition) is 6. The summed E-state index contributed by atoms with van der Waals surface area (Å²) in [6.07, 6.45) is 18.8. The van der Waals surface area contributed by atoms with Gasteiger partial charge in [0, 0.05) is 216 Å². The number of hydrogen-bond acceptors (Lipinski definition) is 20. The Bertz CT molecular complexity index is 7330. The lowest BCUT2D eigenvalue weighted by molar-refractivity contribution is -0.139. The first kappa shape index (κ1) is 97.0. The molecule has 15 aromatic rings. The Morgan fingerprint density at radius 2 is 0.772 bits per heavy atom. The van der Waals surface area contributed by atoms with Crippen LogP contribution in [-0.2, 0) is 48.6 Å². The average molecular weight is 1950 g/mol. The lowest BCUT2D eigenvalue weighted by Gasteiger charge is -2.37. The highest BCUT2D eigenvalue weighted by Crippen LogP contribution is 2.44. The van der Waals surface area contributed by atoms with Crippen molar-refractivity contribution in [2.24, 2.45) is 0 Å². The van der Waals surface area contributed by atoms with Crippen LogP contribution in [0.4, 0.5) is 30.2 Å². The van der Waals surface area contributed by atoms with Crippen molar-refractivity contribution in [2.75, 3.05) is 135 Å². The minimum Gasteiger partial charge on any atom is -0.367 e. The first-order valence-corrected chi connectivity index (χ1v) is 49.1. The van der Waals surface area contributed by atoms with Crippen LogP contribution in [0, 0.1) is 18.6 Å². The number of methoxy groups -OCH3 is 3. The SMILES string of the molecule is CO[C@@]1(C(=O)Nc2ccc3[nH]nc(-c4ccc(F)cc4)c3c2)CCN(CC(=O)N2CC=C(c3ccc(-c4ccccc4)cc3)CC2)C1.CO[C@@]1(C(=O)Nc2ccc3[nH]nc(-c4ccc(F)cc4)c3c2)CCN(CC(=O)N2CC=C(c3ccc(-c4ncc(C)cn4)cc3)CC2)C1.CO[C@@]1(C(=O)Nc2ccc3[nH]nc(-c4ccnc(C5CC5)c4)c3c2)CCN(CC(=O)N2CCC(F)(c3ccc(-c4ncccn4)cc3)CC2)C1. The average Bonchev–Trinajstić information content (AvgIpc) is 1.57. The number of H-pyrrole nitrogens is 3. The van der Waals surface area contributed by atoms with E-state index in [1.165, 1.54) is 79.2 Å². The fourth-order valence-electron chi connectivity index (χ4n) is 20.2. The van der Waals surface area contributed by atoms with Crippen molar-refractivity contribution in [3.63, 3.8) is 0 Å². The number of anilines is 3. The van der Waals surface area contributed by atoms with Gasteiger partial charge in [0.2, 0.25) is 17.7 Å². The molecule has 4 saturated heterocycles. The third-order valence-corrected chi connectivity index (χ3v) is 29.1. The smallest absolute Gasteiger partial charge is 0.258 e. The molecule has 7 aliphatic rings. The Labute approximate surface area is 836 Å². The van der Waals surface area contributed by atoms with Crippen molar-refractivity contribution >= 4 is 96.4 Å². The van der Waals surface area contributed by atoms with Crippen LogP contribution in [0.25, 0.3) is 112 Å². The van der Waals surface area contributed by atoms with Crippen LogP contribution in [0.15, 0.2) is 268 Å². The number of benzene rings is 9. The first-order valence-electron chi connectivity index (χ1n) is 49.1. The topological polar surface area (TPSA) is 336 Å². The number of carbonyl (C=O) groups is 6. The lowest BCUT2D eigenvalue weighted by Crippen LogP contribution is -2.49. The van der Waals surface area contributed by atoms with Gasteiger partial charge in [0.15, 0.2) is 28.5 Å². The maximum absolute atomic E-state index is 16.1. The summed E-state index contributed by atoms with van der Waals surface area (Å²) in [7, 11) is 4.61. The van der Waals surface area contributed by atoms with Gasteiger partial charge in [-0.3, -0.25) is 63.7 Å². The normalized spacial score (nSPS) is 19.1. The van der Waals surface area contributed by atoms with E-state index in [0.717, 1.165) is 95.9 Å². The van der Waals surface area contributed by atoms with Gasteiger partial charge in [-0.15, -0.1) is 0 Å². The van der Waals surface area contributed by atoms with E-state index in [0.29, 0.717) is 143 Å². The zero-order chi connectivity index (χ0) is 99.9. The number of aromatic nitrogens is 11. The Hall–Kier alpha value is -15.5. The fraction of sp³-hybridized carbons (Fsp3) is 0.292. The quantitative estimate of drug-likeness (QED) is 0.0309. The van der Waals surface area contributed by atoms with E-state index in [9.17, 15) is 37.5 Å². The Morgan fingerprint density at radius 1 is 0.386 bits per heavy atom. The number of pyridine rings is 1. The number of carbonyl (C=O) groups excluding carboxylic acids is 6. The molecule has 6 N–H and O–H groups in total. The predicted molar refractivity (Wildman–Crippen MR) is 551 cm³/mol. The monoisotopic (exact) mass is 1950 g/mol. The number of nitrogens with one attached hydrogen (secondary N) is 6. The molecule has 12 heterocycles. The van der Waals surface area contributed by atoms with Gasteiger partial charge in [0.25, 0.3) is 17.7 Å². The fourth-order valence-corrected chi connectivity index (χ4v) is 20.2. The van der Waals surface area contributed by atoms with E-state index in [2.05, 4.69) is 138 Å². The summed E-state index contributed by atoms with van der Waals surface area (Å²) in [6.45, 7) is 8.16. The second-order valence-corrected chi connectivity index (χ2v) is 38.3. The van der Waals surface area contributed by atoms with Crippen molar-refractivity contribution in [1.82, 2.24) is 84.9 Å². The molecular formula is C113H111F3N20O9. The van der Waals surface area contributed by atoms with Gasteiger partial charge in [-0.25, -0.2) is 33.1 Å². The summed E-state index contributed by atoms with van der Waals surface area (Å²) in [5, 5.41) is 34.1. The van der Waals surface area contributed by atoms with Crippen LogP contribution in [0.5, 0.6) is 0 Å². The molecule has 1 aliphatic carbocycles. The number of aromatic amines is 3. The number of rotatable bonds is 25. The van der Waals surface area contributed by atoms with Crippen molar-refractivity contribution in [2.45, 2.75) is 93.1 Å². The largest absolute Gasteiger partial charge is 0.367 e. The van der Waals surface area contributed by atoms with Gasteiger partial charge in [-0.1, -0.05) is 115 Å². The van der Waals surface area contributed by atoms with Crippen LogP contribution >= 0.6 is 0 Å². The molecule has 0 bridgehead atoms. The second kappa shape index (κ2) is 42.2. The Balaban J connectivity index is 0.000000133. The van der Waals surface area contributed by atoms with Crippen LogP contribution in [0.1, 0.15) is 91.7 Å². The molecule has 0 spiro atoms. The number of fused-ring (bicyclic) bond motifs is 3. The number of halogens is 3. The minimum absolute atomic E-state index is 0.0308. The molecule has 22 rings (SSSR count). The number of ether oxygens (including phenoxy) is 3. The molecule has 0 radical (unpaired) electrons. The molecule has 6 aliphatic heterocycles. The zero-order valence-corrected chi connectivity index (χ0v) is 81.0. The Morgan fingerprint density at radius 3 is 1.19 bits per heavy atom. The van der Waals surface area contributed by atoms with Crippen molar-refractivity contribution in [3.8, 4) is 67.7 Å². The summed E-state index contributed by atoms with van der Waals surface area (Å²) in [5.41, 5.74) is 15.8. The molecule has 6 aromatic heterocycles. The standard InChI is InChI=1S/C38H39FN8O3.C38H36FN5O3.C37H36FN7O3/c1-50-38(36(49)43-29-9-10-31-30(22-29)34(45-44-31)27-11-17-40-32(21-27)25-3-4-25)14-18-46(24-38)23-33(48)47-19-12-37(39,13-20-47)28-7-5-26(6-8-28)35-41-15-2-16-42-35;1-47-38(37(46)40-32-15-16-34-33(23-32)36(42-41-34)30-11-13-31(39)14-12-30)19-22-43(25-38)24-35(45)44-20-17-29(18-21-44)28-9-7-27(8-10-28)26-5-3-2-4-6-26;1-24-20-39-35(40-21-24)28-5-3-25(4-6-28)26-13-16-45(17-14-26)33(46)22-44-18-15-37(23-44,48-2)36(47)41-30-11-12-32-31(19-30)34(43-42-32)27-7-9-29(38)10-8-27/h2,5-11,15-17,21-22,25H,3-4,12-14,18-20,23-24H2,1H3,(H,43,49)(H,44,45);2-17,23H,18-22,24-25H2,1H3,(H,40,46)(H,41,42);3-13,19-21H,14-18,22-23H2,1-2H3,(H,41,47)(H,42,43)/t2*38-;37-/m000/s1. The molecule has 6 amide bonds. The van der Waals surface area contributed by atoms with Crippen LogP contribution in [0.3, 0.4) is 0 Å². The minimum atomic E-state index is -1.51. The molecule has 3 atom stereocenters. The highest BCUT2D eigenvalue weighted by atomic mass is 19.1. The molecule has 5 fully saturated rings. The molecular weight excluding hydrogens is 1840 g/mol. The van der Waals surface area contributed by atoms with Gasteiger partial charge >= 0.3 is 0 Å². The second-order valence-electron chi connectivity index (χ2n) is 38.3. The van der Waals surface area contributed by atoms with Gasteiger partial charge in [0.1, 0.15) is 23.0 Å². The van der Waals surface area contributed by atoms with Crippen LogP contribution in [0.2, 0.25) is 0 Å². The molecule has 145 heavy (non-hydrogen) atoms. The van der Waals surface area contributed by atoms with Crippen molar-refractivity contribution in [1.29, 1.82) is 0 Å². The highest BCUT2D eigenvalue weighted by molar-refractivity contribution is 6.05. The van der Waals surface area contributed by atoms with Crippen molar-refractivity contribution in [3.05, 3.63) is 307 Å². The summed E-state index contributed by atoms with van der Waals surface area (Å²) in [5.74, 6) is 0.403. The maximum atomic E-state index is 16.1. The summed E-state index contributed by atoms with van der Waals surface area (Å²) >= 11 is 0. The van der Waals surface area contributed by atoms with E-state index in [1.807, 2.05) is 147 Å². The van der Waals surface area contributed by atoms with Gasteiger partial charge < -0.3 is 44.9 Å². The number of alkyl halides is 1. The number of amides is 6. The zero-order valence-electron chi connectivity index (χ0n) is 81.0. The number of piperidine rings is 1. The molecule has 738 valence electrons. The highest BCUT2D eigenvalue weighted by Gasteiger charge is 2.50. The van der Waals surface area contributed by atoms with E-state index in [1.54, 1.807) is 72.9 Å². The molecule has 32 heteroatoms. The van der Waals surface area contributed by atoms with E-state index >= 15 is 4.39 Å². The number of nitrogens with zero attached hydrogens (tertiary/aromatic N) is 14.